The molecule has 0 aliphatic rings. The molecule has 8 nitrogen and oxygen atoms in total. The molecule has 1 aromatic carbocycles. The molecule has 156 valence electrons. The van der Waals surface area contributed by atoms with Crippen LogP contribution in [0, 0.1) is 5.82 Å². The molecule has 0 bridgehead atoms. The summed E-state index contributed by atoms with van der Waals surface area (Å²) in [7, 11) is 0. The lowest BCUT2D eigenvalue weighted by atomic mass is 10.2. The van der Waals surface area contributed by atoms with E-state index in [1.165, 1.54) is 30.7 Å². The van der Waals surface area contributed by atoms with E-state index in [1.54, 1.807) is 24.3 Å². The number of hydrogen-bond donors (Lipinski definition) is 2. The highest BCUT2D eigenvalue weighted by Gasteiger charge is 2.38. The summed E-state index contributed by atoms with van der Waals surface area (Å²) in [5.74, 6) is -3.86. The van der Waals surface area contributed by atoms with Gasteiger partial charge in [0.15, 0.2) is 11.6 Å². The first-order valence-electron chi connectivity index (χ1n) is 7.93. The lowest BCUT2D eigenvalue weighted by Crippen LogP contribution is -2.21. The minimum Gasteiger partial charge on any atom is -0.475 e. The number of aromatic nitrogens is 3. The minimum absolute atomic E-state index is 0.0352. The van der Waals surface area contributed by atoms with Crippen molar-refractivity contribution in [2.24, 2.45) is 0 Å². The van der Waals surface area contributed by atoms with Crippen LogP contribution in [0.1, 0.15) is 10.5 Å². The van der Waals surface area contributed by atoms with E-state index in [1.807, 2.05) is 0 Å². The Morgan fingerprint density at radius 3 is 2.13 bits per heavy atom. The summed E-state index contributed by atoms with van der Waals surface area (Å²) in [5, 5.41) is 9.69. The highest BCUT2D eigenvalue weighted by atomic mass is 19.4. The Kier molecular flexibility index (Phi) is 7.33. The maximum atomic E-state index is 14.0. The van der Waals surface area contributed by atoms with E-state index in [4.69, 9.17) is 14.6 Å². The van der Waals surface area contributed by atoms with Crippen LogP contribution in [0.25, 0.3) is 0 Å². The number of rotatable bonds is 4. The van der Waals surface area contributed by atoms with Crippen LogP contribution in [0.4, 0.5) is 23.2 Å². The van der Waals surface area contributed by atoms with Crippen LogP contribution in [-0.4, -0.2) is 38.1 Å². The van der Waals surface area contributed by atoms with Crippen molar-refractivity contribution in [2.75, 3.05) is 5.32 Å². The molecule has 3 rings (SSSR count). The van der Waals surface area contributed by atoms with Gasteiger partial charge in [0.2, 0.25) is 0 Å². The smallest absolute Gasteiger partial charge is 0.475 e. The summed E-state index contributed by atoms with van der Waals surface area (Å²) in [5.41, 5.74) is 0.533. The van der Waals surface area contributed by atoms with E-state index in [2.05, 4.69) is 20.3 Å². The van der Waals surface area contributed by atoms with Gasteiger partial charge in [-0.3, -0.25) is 9.78 Å². The molecule has 0 atom stereocenters. The zero-order valence-corrected chi connectivity index (χ0v) is 14.8. The van der Waals surface area contributed by atoms with Crippen molar-refractivity contribution >= 4 is 17.6 Å². The van der Waals surface area contributed by atoms with Crippen LogP contribution in [0.5, 0.6) is 11.8 Å². The van der Waals surface area contributed by atoms with Crippen LogP contribution in [-0.2, 0) is 4.79 Å². The molecule has 0 radical (unpaired) electrons. The van der Waals surface area contributed by atoms with Gasteiger partial charge in [-0.25, -0.2) is 19.2 Å². The monoisotopic (exact) mass is 424 g/mol. The highest BCUT2D eigenvalue weighted by molar-refractivity contribution is 6.02. The van der Waals surface area contributed by atoms with Gasteiger partial charge in [0.05, 0.1) is 0 Å². The van der Waals surface area contributed by atoms with Crippen molar-refractivity contribution in [3.63, 3.8) is 0 Å². The van der Waals surface area contributed by atoms with Crippen molar-refractivity contribution < 1.29 is 37.0 Å². The van der Waals surface area contributed by atoms with E-state index in [0.717, 1.165) is 6.07 Å². The van der Waals surface area contributed by atoms with Crippen molar-refractivity contribution in [2.45, 2.75) is 6.18 Å². The maximum Gasteiger partial charge on any atom is 0.490 e. The Labute approximate surface area is 166 Å². The van der Waals surface area contributed by atoms with Crippen LogP contribution < -0.4 is 10.1 Å². The molecular weight excluding hydrogens is 412 g/mol. The Morgan fingerprint density at radius 2 is 1.60 bits per heavy atom. The normalized spacial score (nSPS) is 10.4. The van der Waals surface area contributed by atoms with E-state index in [9.17, 15) is 22.4 Å². The first kappa shape index (κ1) is 22.2. The minimum atomic E-state index is -5.08. The average Bonchev–Trinajstić information content (AvgIpc) is 2.71. The molecular formula is C18H12F4N4O4. The zero-order chi connectivity index (χ0) is 22.1. The van der Waals surface area contributed by atoms with Gasteiger partial charge in [0, 0.05) is 30.3 Å². The summed E-state index contributed by atoms with van der Waals surface area (Å²) in [6.45, 7) is 0. The van der Waals surface area contributed by atoms with Gasteiger partial charge in [-0.2, -0.15) is 13.2 Å². The summed E-state index contributed by atoms with van der Waals surface area (Å²) in [4.78, 5) is 32.5. The van der Waals surface area contributed by atoms with Gasteiger partial charge in [0.25, 0.3) is 5.91 Å². The fraction of sp³-hybridized carbons (Fsp3) is 0.0556. The molecule has 0 spiro atoms. The quantitative estimate of drug-likeness (QED) is 0.614. The second-order valence-corrected chi connectivity index (χ2v) is 5.25. The summed E-state index contributed by atoms with van der Waals surface area (Å²) < 4.78 is 51.0. The number of amides is 1. The number of nitrogens with one attached hydrogen (secondary N) is 1. The van der Waals surface area contributed by atoms with Crippen molar-refractivity contribution in [3.8, 4) is 11.8 Å². The number of benzene rings is 1. The fourth-order valence-corrected chi connectivity index (χ4v) is 1.79. The van der Waals surface area contributed by atoms with E-state index >= 15 is 0 Å². The maximum absolute atomic E-state index is 14.0. The number of halogens is 4. The van der Waals surface area contributed by atoms with Gasteiger partial charge in [-0.15, -0.1) is 0 Å². The molecule has 2 heterocycles. The Bertz CT molecular complexity index is 1000. The molecule has 0 aliphatic carbocycles. The van der Waals surface area contributed by atoms with Crippen LogP contribution >= 0.6 is 0 Å². The second kappa shape index (κ2) is 9.91. The number of alkyl halides is 3. The molecule has 3 aromatic rings. The topological polar surface area (TPSA) is 114 Å². The van der Waals surface area contributed by atoms with Gasteiger partial charge >= 0.3 is 18.2 Å². The molecule has 2 N–H and O–H groups in total. The Hall–Kier alpha value is -4.09. The van der Waals surface area contributed by atoms with Crippen LogP contribution in [0.3, 0.4) is 0 Å². The molecule has 0 aliphatic heterocycles. The molecule has 30 heavy (non-hydrogen) atoms. The standard InChI is InChI=1S/C16H11FN4O2.C2HF3O2/c17-12-10-11(21-15(22)13-4-1-2-7-18-13)5-6-14(12)23-16-19-8-3-9-20-16;3-2(4,5)1(6)7/h1-10H,(H,21,22);(H,6,7). The third-order valence-corrected chi connectivity index (χ3v) is 3.07. The number of ether oxygens (including phenoxy) is 1. The zero-order valence-electron chi connectivity index (χ0n) is 14.8. The highest BCUT2D eigenvalue weighted by Crippen LogP contribution is 2.24. The molecule has 12 heteroatoms. The molecule has 0 unspecified atom stereocenters. The molecule has 0 saturated heterocycles. The van der Waals surface area contributed by atoms with Gasteiger partial charge in [-0.1, -0.05) is 6.07 Å². The van der Waals surface area contributed by atoms with E-state index < -0.39 is 23.9 Å². The lowest BCUT2D eigenvalue weighted by Gasteiger charge is -2.08. The number of anilines is 1. The largest absolute Gasteiger partial charge is 0.490 e. The number of aliphatic carboxylic acids is 1. The van der Waals surface area contributed by atoms with Crippen LogP contribution in [0.2, 0.25) is 0 Å². The van der Waals surface area contributed by atoms with Crippen molar-refractivity contribution in [1.82, 2.24) is 15.0 Å². The first-order chi connectivity index (χ1) is 14.2. The number of carboxylic acids is 1. The van der Waals surface area contributed by atoms with Gasteiger partial charge in [-0.05, 0) is 30.3 Å². The van der Waals surface area contributed by atoms with Gasteiger partial charge in [0.1, 0.15) is 5.69 Å². The third-order valence-electron chi connectivity index (χ3n) is 3.07. The number of carbonyl (C=O) groups is 2. The van der Waals surface area contributed by atoms with Gasteiger partial charge < -0.3 is 15.2 Å². The molecule has 0 fully saturated rings. The lowest BCUT2D eigenvalue weighted by molar-refractivity contribution is -0.192. The number of carbonyl (C=O) groups excluding carboxylic acids is 1. The van der Waals surface area contributed by atoms with Crippen molar-refractivity contribution in [1.29, 1.82) is 0 Å². The number of carboxylic acid groups (broad SMARTS) is 1. The Morgan fingerprint density at radius 1 is 0.967 bits per heavy atom. The van der Waals surface area contributed by atoms with E-state index in [-0.39, 0.29) is 17.5 Å². The molecule has 2 aromatic heterocycles. The summed E-state index contributed by atoms with van der Waals surface area (Å²) >= 11 is 0. The molecule has 1 amide bonds. The summed E-state index contributed by atoms with van der Waals surface area (Å²) in [6.07, 6.45) is -0.602. The van der Waals surface area contributed by atoms with Crippen molar-refractivity contribution in [3.05, 3.63) is 72.6 Å². The predicted molar refractivity (Wildman–Crippen MR) is 94.4 cm³/mol. The van der Waals surface area contributed by atoms with E-state index in [0.29, 0.717) is 5.69 Å². The summed E-state index contributed by atoms with van der Waals surface area (Å²) in [6, 6.07) is 10.7. The predicted octanol–water partition coefficient (Wildman–Crippen LogP) is 3.69. The number of hydrogen-bond acceptors (Lipinski definition) is 6. The number of nitrogens with zero attached hydrogens (tertiary/aromatic N) is 3. The average molecular weight is 424 g/mol. The molecule has 0 saturated carbocycles. The SMILES string of the molecule is O=C(Nc1ccc(Oc2ncccn2)c(F)c1)c1ccccn1.O=C(O)C(F)(F)F. The fourth-order valence-electron chi connectivity index (χ4n) is 1.79. The third kappa shape index (κ3) is 6.82. The Balaban J connectivity index is 0.000000396. The second-order valence-electron chi connectivity index (χ2n) is 5.25. The number of pyridine rings is 1. The van der Waals surface area contributed by atoms with Crippen LogP contribution in [0.15, 0.2) is 61.1 Å². The first-order valence-corrected chi connectivity index (χ1v) is 7.93.